The maximum atomic E-state index is 3.88. The van der Waals surface area contributed by atoms with Crippen LogP contribution in [0.2, 0.25) is 0 Å². The minimum Gasteiger partial charge on any atom is -0.103 e. The predicted octanol–water partition coefficient (Wildman–Crippen LogP) is 10.1. The Morgan fingerprint density at radius 2 is 1.25 bits per heavy atom. The first-order valence-electron chi connectivity index (χ1n) is 13.9. The number of fused-ring (bicyclic) bond motifs is 6. The van der Waals surface area contributed by atoms with E-state index in [1.54, 1.807) is 11.1 Å². The second-order valence-corrected chi connectivity index (χ2v) is 10.6. The van der Waals surface area contributed by atoms with Crippen LogP contribution in [0.4, 0.5) is 0 Å². The van der Waals surface area contributed by atoms with Gasteiger partial charge in [0.05, 0.1) is 0 Å². The number of unbranched alkanes of at least 4 members (excludes halogenated alkanes) is 5. The van der Waals surface area contributed by atoms with Crippen molar-refractivity contribution in [3.8, 4) is 22.3 Å². The van der Waals surface area contributed by atoms with Crippen LogP contribution in [-0.2, 0) is 6.42 Å². The predicted molar refractivity (Wildman–Crippen MR) is 154 cm³/mol. The number of benzene rings is 4. The van der Waals surface area contributed by atoms with E-state index in [0.29, 0.717) is 11.8 Å². The van der Waals surface area contributed by atoms with E-state index >= 15 is 0 Å². The van der Waals surface area contributed by atoms with Gasteiger partial charge in [0.2, 0.25) is 0 Å². The smallest absolute Gasteiger partial charge is 0.0170 e. The van der Waals surface area contributed by atoms with Gasteiger partial charge >= 0.3 is 0 Å². The van der Waals surface area contributed by atoms with Crippen molar-refractivity contribution in [3.63, 3.8) is 0 Å². The summed E-state index contributed by atoms with van der Waals surface area (Å²) in [5.41, 5.74) is 13.4. The van der Waals surface area contributed by atoms with Crippen molar-refractivity contribution < 1.29 is 0 Å². The molecular weight excluding hydrogens is 432 g/mol. The van der Waals surface area contributed by atoms with Crippen LogP contribution in [0.3, 0.4) is 0 Å². The summed E-state index contributed by atoms with van der Waals surface area (Å²) in [7, 11) is 0. The van der Waals surface area contributed by atoms with Gasteiger partial charge in [-0.25, -0.2) is 0 Å². The first-order valence-corrected chi connectivity index (χ1v) is 13.9. The van der Waals surface area contributed by atoms with Crippen molar-refractivity contribution in [1.29, 1.82) is 0 Å². The zero-order chi connectivity index (χ0) is 24.3. The third kappa shape index (κ3) is 4.13. The molecule has 0 aliphatic heterocycles. The van der Waals surface area contributed by atoms with Gasteiger partial charge in [0.25, 0.3) is 0 Å². The Morgan fingerprint density at radius 1 is 0.639 bits per heavy atom. The lowest BCUT2D eigenvalue weighted by Crippen LogP contribution is -2.13. The first kappa shape index (κ1) is 23.0. The van der Waals surface area contributed by atoms with Crippen LogP contribution < -0.4 is 0 Å². The number of rotatable bonds is 10. The molecule has 0 heteroatoms. The van der Waals surface area contributed by atoms with Crippen LogP contribution >= 0.6 is 0 Å². The number of hydrogen-bond acceptors (Lipinski definition) is 0. The quantitative estimate of drug-likeness (QED) is 0.141. The second kappa shape index (κ2) is 10.3. The van der Waals surface area contributed by atoms with Crippen LogP contribution in [0.5, 0.6) is 0 Å². The van der Waals surface area contributed by atoms with Gasteiger partial charge in [0.1, 0.15) is 0 Å². The van der Waals surface area contributed by atoms with Gasteiger partial charge in [-0.1, -0.05) is 123 Å². The molecule has 36 heavy (non-hydrogen) atoms. The molecule has 6 rings (SSSR count). The molecule has 0 N–H and O–H groups in total. The molecule has 0 spiro atoms. The monoisotopic (exact) mass is 468 g/mol. The van der Waals surface area contributed by atoms with E-state index in [0.717, 1.165) is 12.8 Å². The molecule has 0 radical (unpaired) electrons. The topological polar surface area (TPSA) is 0 Å². The van der Waals surface area contributed by atoms with Gasteiger partial charge in [-0.05, 0) is 81.7 Å². The van der Waals surface area contributed by atoms with E-state index in [9.17, 15) is 0 Å². The zero-order valence-corrected chi connectivity index (χ0v) is 21.3. The largest absolute Gasteiger partial charge is 0.103 e. The lowest BCUT2D eigenvalue weighted by molar-refractivity contribution is 0.509. The van der Waals surface area contributed by atoms with Gasteiger partial charge in [0.15, 0.2) is 0 Å². The third-order valence-corrected chi connectivity index (χ3v) is 8.49. The van der Waals surface area contributed by atoms with Crippen molar-refractivity contribution in [3.05, 3.63) is 131 Å². The summed E-state index contributed by atoms with van der Waals surface area (Å²) in [5, 5.41) is 0. The number of allylic oxidation sites excluding steroid dienone is 1. The van der Waals surface area contributed by atoms with E-state index in [1.165, 1.54) is 77.5 Å². The fourth-order valence-corrected chi connectivity index (χ4v) is 6.84. The summed E-state index contributed by atoms with van der Waals surface area (Å²) in [6, 6.07) is 34.4. The highest BCUT2D eigenvalue weighted by Gasteiger charge is 2.36. The standard InChI is InChI=1S/C36H36/c1-2-3-4-5-6-7-8-20-34(31-24-15-23-28-27-17-10-9-16-26(27)25-35(28)31)36-32-21-13-11-18-29(32)30-19-12-14-22-33(30)36/h2,9-19,21-24,34,36H,1,3-8,20,25H2. The summed E-state index contributed by atoms with van der Waals surface area (Å²) in [6.45, 7) is 3.88. The van der Waals surface area contributed by atoms with Crippen molar-refractivity contribution in [2.24, 2.45) is 0 Å². The van der Waals surface area contributed by atoms with Crippen LogP contribution in [-0.4, -0.2) is 0 Å². The molecule has 0 nitrogen and oxygen atoms in total. The maximum absolute atomic E-state index is 3.88. The summed E-state index contributed by atoms with van der Waals surface area (Å²) in [5.74, 6) is 0.917. The van der Waals surface area contributed by atoms with Crippen LogP contribution in [0.15, 0.2) is 104 Å². The van der Waals surface area contributed by atoms with Crippen molar-refractivity contribution in [1.82, 2.24) is 0 Å². The summed E-state index contributed by atoms with van der Waals surface area (Å²) >= 11 is 0. The molecule has 0 bridgehead atoms. The normalized spacial score (nSPS) is 14.1. The van der Waals surface area contributed by atoms with Crippen molar-refractivity contribution in [2.45, 2.75) is 63.2 Å². The summed E-state index contributed by atoms with van der Waals surface area (Å²) in [6.07, 6.45) is 12.0. The highest BCUT2D eigenvalue weighted by Crippen LogP contribution is 2.54. The zero-order valence-electron chi connectivity index (χ0n) is 21.3. The van der Waals surface area contributed by atoms with Gasteiger partial charge in [-0.15, -0.1) is 6.58 Å². The van der Waals surface area contributed by atoms with E-state index in [2.05, 4.69) is 104 Å². The Labute approximate surface area is 216 Å². The molecule has 1 atom stereocenters. The molecule has 1 unspecified atom stereocenters. The van der Waals surface area contributed by atoms with Crippen LogP contribution in [0.25, 0.3) is 22.3 Å². The second-order valence-electron chi connectivity index (χ2n) is 10.6. The minimum absolute atomic E-state index is 0.424. The van der Waals surface area contributed by atoms with E-state index in [-0.39, 0.29) is 0 Å². The molecule has 2 aliphatic carbocycles. The van der Waals surface area contributed by atoms with Gasteiger partial charge < -0.3 is 0 Å². The highest BCUT2D eigenvalue weighted by molar-refractivity contribution is 5.81. The van der Waals surface area contributed by atoms with Crippen LogP contribution in [0.1, 0.15) is 84.6 Å². The molecule has 4 aromatic carbocycles. The minimum atomic E-state index is 0.424. The van der Waals surface area contributed by atoms with Gasteiger partial charge in [-0.2, -0.15) is 0 Å². The molecular formula is C36H36. The van der Waals surface area contributed by atoms with Gasteiger partial charge in [0, 0.05) is 5.92 Å². The maximum Gasteiger partial charge on any atom is 0.0170 e. The Hall–Kier alpha value is -3.38. The number of hydrogen-bond donors (Lipinski definition) is 0. The lowest BCUT2D eigenvalue weighted by Gasteiger charge is -2.28. The van der Waals surface area contributed by atoms with Crippen molar-refractivity contribution in [2.75, 3.05) is 0 Å². The van der Waals surface area contributed by atoms with E-state index in [1.807, 2.05) is 0 Å². The fraction of sp³-hybridized carbons (Fsp3) is 0.278. The van der Waals surface area contributed by atoms with Gasteiger partial charge in [-0.3, -0.25) is 0 Å². The van der Waals surface area contributed by atoms with Crippen LogP contribution in [0, 0.1) is 0 Å². The van der Waals surface area contributed by atoms with E-state index < -0.39 is 0 Å². The molecule has 0 fully saturated rings. The molecule has 180 valence electrons. The SMILES string of the molecule is C=CCCCCCCCC(c1cccc2c1Cc1ccccc1-2)C1c2ccccc2-c2ccccc21. The molecule has 0 aromatic heterocycles. The Bertz CT molecular complexity index is 1330. The molecule has 0 saturated heterocycles. The molecule has 0 saturated carbocycles. The molecule has 2 aliphatic rings. The molecule has 4 aromatic rings. The highest BCUT2D eigenvalue weighted by atomic mass is 14.4. The Kier molecular flexibility index (Phi) is 6.60. The summed E-state index contributed by atoms with van der Waals surface area (Å²) < 4.78 is 0. The Morgan fingerprint density at radius 3 is 2.00 bits per heavy atom. The van der Waals surface area contributed by atoms with E-state index in [4.69, 9.17) is 0 Å². The average Bonchev–Trinajstić information content (AvgIpc) is 3.47. The fourth-order valence-electron chi connectivity index (χ4n) is 6.84. The lowest BCUT2D eigenvalue weighted by atomic mass is 9.75. The first-order chi connectivity index (χ1) is 17.9. The molecule has 0 amide bonds. The summed E-state index contributed by atoms with van der Waals surface area (Å²) in [4.78, 5) is 0. The third-order valence-electron chi connectivity index (χ3n) is 8.49. The average molecular weight is 469 g/mol. The Balaban J connectivity index is 1.38. The molecule has 0 heterocycles. The van der Waals surface area contributed by atoms with Crippen molar-refractivity contribution >= 4 is 0 Å².